The smallest absolute Gasteiger partial charge is 0.150 e. The van der Waals surface area contributed by atoms with Crippen molar-refractivity contribution in [2.75, 3.05) is 0 Å². The molecule has 0 saturated heterocycles. The molecule has 0 spiro atoms. The number of aliphatic hydroxyl groups is 1. The van der Waals surface area contributed by atoms with Crippen molar-refractivity contribution >= 4 is 5.71 Å². The molecule has 1 aliphatic rings. The minimum Gasteiger partial charge on any atom is -0.371 e. The standard InChI is InChI=1S/C9H17NO/c1-6(2)7-5-9(3,4)8(11)10-7/h6,8,11H,5H2,1-4H3. The van der Waals surface area contributed by atoms with Crippen molar-refractivity contribution in [3.63, 3.8) is 0 Å². The summed E-state index contributed by atoms with van der Waals surface area (Å²) in [7, 11) is 0. The summed E-state index contributed by atoms with van der Waals surface area (Å²) in [6, 6.07) is 0. The third kappa shape index (κ3) is 1.62. The van der Waals surface area contributed by atoms with Crippen molar-refractivity contribution in [3.05, 3.63) is 0 Å². The van der Waals surface area contributed by atoms with Crippen LogP contribution in [0.4, 0.5) is 0 Å². The molecule has 1 N–H and O–H groups in total. The van der Waals surface area contributed by atoms with E-state index >= 15 is 0 Å². The molecule has 0 amide bonds. The van der Waals surface area contributed by atoms with E-state index in [9.17, 15) is 5.11 Å². The van der Waals surface area contributed by atoms with Crippen LogP contribution in [0.25, 0.3) is 0 Å². The van der Waals surface area contributed by atoms with E-state index in [1.54, 1.807) is 0 Å². The van der Waals surface area contributed by atoms with Gasteiger partial charge in [0.25, 0.3) is 0 Å². The summed E-state index contributed by atoms with van der Waals surface area (Å²) < 4.78 is 0. The molecule has 2 heteroatoms. The lowest BCUT2D eigenvalue weighted by atomic mass is 9.86. The lowest BCUT2D eigenvalue weighted by Gasteiger charge is -2.20. The molecular weight excluding hydrogens is 138 g/mol. The fourth-order valence-electron chi connectivity index (χ4n) is 1.29. The summed E-state index contributed by atoms with van der Waals surface area (Å²) in [4.78, 5) is 4.21. The van der Waals surface area contributed by atoms with Crippen molar-refractivity contribution in [2.24, 2.45) is 16.3 Å². The van der Waals surface area contributed by atoms with Crippen LogP contribution in [0.1, 0.15) is 34.1 Å². The van der Waals surface area contributed by atoms with E-state index in [1.165, 1.54) is 0 Å². The van der Waals surface area contributed by atoms with E-state index in [0.29, 0.717) is 5.92 Å². The first-order valence-electron chi connectivity index (χ1n) is 4.18. The molecule has 0 aromatic carbocycles. The Balaban J connectivity index is 2.71. The fraction of sp³-hybridized carbons (Fsp3) is 0.889. The van der Waals surface area contributed by atoms with E-state index in [-0.39, 0.29) is 5.41 Å². The number of hydrogen-bond acceptors (Lipinski definition) is 2. The minimum atomic E-state index is -0.486. The molecule has 0 aliphatic carbocycles. The maximum absolute atomic E-state index is 9.49. The van der Waals surface area contributed by atoms with Gasteiger partial charge in [-0.2, -0.15) is 0 Å². The van der Waals surface area contributed by atoms with E-state index in [0.717, 1.165) is 12.1 Å². The molecule has 0 fully saturated rings. The van der Waals surface area contributed by atoms with Crippen molar-refractivity contribution in [2.45, 2.75) is 40.3 Å². The van der Waals surface area contributed by atoms with Gasteiger partial charge in [0.15, 0.2) is 0 Å². The van der Waals surface area contributed by atoms with Gasteiger partial charge >= 0.3 is 0 Å². The van der Waals surface area contributed by atoms with E-state index in [4.69, 9.17) is 0 Å². The normalized spacial score (nSPS) is 29.3. The number of aliphatic hydroxyl groups excluding tert-OH is 1. The van der Waals surface area contributed by atoms with Crippen molar-refractivity contribution < 1.29 is 5.11 Å². The molecule has 1 rings (SSSR count). The Kier molecular flexibility index (Phi) is 2.06. The van der Waals surface area contributed by atoms with Gasteiger partial charge in [0.05, 0.1) is 0 Å². The zero-order valence-electron chi connectivity index (χ0n) is 7.76. The molecule has 0 aromatic rings. The number of nitrogens with zero attached hydrogens (tertiary/aromatic N) is 1. The molecule has 0 bridgehead atoms. The van der Waals surface area contributed by atoms with Crippen LogP contribution in [-0.4, -0.2) is 17.0 Å². The molecule has 1 aliphatic heterocycles. The highest BCUT2D eigenvalue weighted by atomic mass is 16.3. The Morgan fingerprint density at radius 2 is 2.09 bits per heavy atom. The van der Waals surface area contributed by atoms with Crippen molar-refractivity contribution in [3.8, 4) is 0 Å². The van der Waals surface area contributed by atoms with E-state index in [2.05, 4.69) is 32.7 Å². The number of aliphatic imine (C=N–C) groups is 1. The first-order chi connectivity index (χ1) is 4.93. The molecule has 0 saturated carbocycles. The molecule has 0 radical (unpaired) electrons. The molecular formula is C9H17NO. The summed E-state index contributed by atoms with van der Waals surface area (Å²) in [6.45, 7) is 8.34. The number of hydrogen-bond donors (Lipinski definition) is 1. The first kappa shape index (κ1) is 8.72. The Labute approximate surface area is 68.3 Å². The van der Waals surface area contributed by atoms with Gasteiger partial charge in [0.2, 0.25) is 0 Å². The summed E-state index contributed by atoms with van der Waals surface area (Å²) in [6.07, 6.45) is 0.450. The Bertz CT molecular complexity index is 182. The van der Waals surface area contributed by atoms with Crippen LogP contribution in [0.2, 0.25) is 0 Å². The van der Waals surface area contributed by atoms with E-state index < -0.39 is 6.23 Å². The van der Waals surface area contributed by atoms with Gasteiger partial charge in [-0.15, -0.1) is 0 Å². The quantitative estimate of drug-likeness (QED) is 0.615. The zero-order chi connectivity index (χ0) is 8.65. The Morgan fingerprint density at radius 1 is 1.55 bits per heavy atom. The van der Waals surface area contributed by atoms with Gasteiger partial charge in [-0.05, 0) is 12.3 Å². The van der Waals surface area contributed by atoms with Gasteiger partial charge in [-0.25, -0.2) is 0 Å². The minimum absolute atomic E-state index is 0.0421. The predicted octanol–water partition coefficient (Wildman–Crippen LogP) is 1.83. The average molecular weight is 155 g/mol. The van der Waals surface area contributed by atoms with Crippen LogP contribution in [0.15, 0.2) is 4.99 Å². The van der Waals surface area contributed by atoms with Crippen LogP contribution < -0.4 is 0 Å². The largest absolute Gasteiger partial charge is 0.371 e. The van der Waals surface area contributed by atoms with Gasteiger partial charge in [-0.3, -0.25) is 4.99 Å². The average Bonchev–Trinajstić information content (AvgIpc) is 2.08. The van der Waals surface area contributed by atoms with Crippen molar-refractivity contribution in [1.82, 2.24) is 0 Å². The second-order valence-corrected chi connectivity index (χ2v) is 4.31. The van der Waals surface area contributed by atoms with Gasteiger partial charge in [0, 0.05) is 11.1 Å². The molecule has 64 valence electrons. The lowest BCUT2D eigenvalue weighted by molar-refractivity contribution is 0.0766. The Morgan fingerprint density at radius 3 is 2.27 bits per heavy atom. The summed E-state index contributed by atoms with van der Waals surface area (Å²) in [5, 5.41) is 9.49. The molecule has 0 aromatic heterocycles. The van der Waals surface area contributed by atoms with Crippen LogP contribution in [0.3, 0.4) is 0 Å². The second-order valence-electron chi connectivity index (χ2n) is 4.31. The summed E-state index contributed by atoms with van der Waals surface area (Å²) >= 11 is 0. The molecule has 1 heterocycles. The highest BCUT2D eigenvalue weighted by molar-refractivity contribution is 5.88. The first-order valence-corrected chi connectivity index (χ1v) is 4.18. The highest BCUT2D eigenvalue weighted by Crippen LogP contribution is 2.34. The molecule has 11 heavy (non-hydrogen) atoms. The third-order valence-electron chi connectivity index (χ3n) is 2.29. The van der Waals surface area contributed by atoms with Crippen LogP contribution in [-0.2, 0) is 0 Å². The number of rotatable bonds is 1. The SMILES string of the molecule is CC(C)C1=NC(O)C(C)(C)C1. The maximum Gasteiger partial charge on any atom is 0.150 e. The van der Waals surface area contributed by atoms with Crippen molar-refractivity contribution in [1.29, 1.82) is 0 Å². The lowest BCUT2D eigenvalue weighted by Crippen LogP contribution is -2.23. The van der Waals surface area contributed by atoms with Gasteiger partial charge < -0.3 is 5.11 Å². The molecule has 2 nitrogen and oxygen atoms in total. The second kappa shape index (κ2) is 2.59. The topological polar surface area (TPSA) is 32.6 Å². The maximum atomic E-state index is 9.49. The monoisotopic (exact) mass is 155 g/mol. The zero-order valence-corrected chi connectivity index (χ0v) is 7.76. The van der Waals surface area contributed by atoms with Crippen LogP contribution >= 0.6 is 0 Å². The molecule has 1 unspecified atom stereocenters. The fourth-order valence-corrected chi connectivity index (χ4v) is 1.29. The van der Waals surface area contributed by atoms with Gasteiger partial charge in [-0.1, -0.05) is 27.7 Å². The summed E-state index contributed by atoms with van der Waals surface area (Å²) in [5.41, 5.74) is 1.11. The molecule has 1 atom stereocenters. The third-order valence-corrected chi connectivity index (χ3v) is 2.29. The Hall–Kier alpha value is -0.370. The van der Waals surface area contributed by atoms with E-state index in [1.807, 2.05) is 0 Å². The summed E-state index contributed by atoms with van der Waals surface area (Å²) in [5.74, 6) is 0.478. The van der Waals surface area contributed by atoms with Crippen LogP contribution in [0.5, 0.6) is 0 Å². The predicted molar refractivity (Wildman–Crippen MR) is 46.7 cm³/mol. The van der Waals surface area contributed by atoms with Crippen LogP contribution in [0, 0.1) is 11.3 Å². The highest BCUT2D eigenvalue weighted by Gasteiger charge is 2.35. The van der Waals surface area contributed by atoms with Gasteiger partial charge in [0.1, 0.15) is 6.23 Å².